The van der Waals surface area contributed by atoms with Gasteiger partial charge in [-0.3, -0.25) is 4.90 Å². The quantitative estimate of drug-likeness (QED) is 0.270. The van der Waals surface area contributed by atoms with Gasteiger partial charge in [0.25, 0.3) is 5.95 Å². The summed E-state index contributed by atoms with van der Waals surface area (Å²) in [6.07, 6.45) is 4.03. The Morgan fingerprint density at radius 2 is 1.73 bits per heavy atom. The molecule has 0 saturated heterocycles. The van der Waals surface area contributed by atoms with Crippen molar-refractivity contribution in [2.45, 2.75) is 38.6 Å². The third kappa shape index (κ3) is 4.99. The Morgan fingerprint density at radius 3 is 2.46 bits per heavy atom. The van der Waals surface area contributed by atoms with Crippen LogP contribution in [-0.4, -0.2) is 35.9 Å². The molecule has 12 heteroatoms. The van der Waals surface area contributed by atoms with E-state index in [0.717, 1.165) is 42.3 Å². The second kappa shape index (κ2) is 10.5. The van der Waals surface area contributed by atoms with Gasteiger partial charge in [-0.15, -0.1) is 0 Å². The van der Waals surface area contributed by atoms with Gasteiger partial charge in [0.1, 0.15) is 22.8 Å². The number of nitrogen functional groups attached to an aromatic ring is 2. The summed E-state index contributed by atoms with van der Waals surface area (Å²) in [5, 5.41) is 14.6. The molecule has 3 aromatic heterocycles. The summed E-state index contributed by atoms with van der Waals surface area (Å²) in [5.74, 6) is -1.55. The highest BCUT2D eigenvalue weighted by molar-refractivity contribution is 5.94. The van der Waals surface area contributed by atoms with Crippen LogP contribution in [0.4, 0.5) is 30.9 Å². The van der Waals surface area contributed by atoms with E-state index >= 15 is 0 Å². The molecular formula is C29H26F2N8O2. The molecule has 2 aromatic carbocycles. The smallest absolute Gasteiger partial charge is 0.412 e. The molecule has 0 saturated carbocycles. The van der Waals surface area contributed by atoms with Crippen LogP contribution in [0.25, 0.3) is 17.0 Å². The van der Waals surface area contributed by atoms with Crippen molar-refractivity contribution in [3.05, 3.63) is 94.3 Å². The van der Waals surface area contributed by atoms with Gasteiger partial charge in [-0.05, 0) is 54.0 Å². The number of hydrogen-bond donors (Lipinski definition) is 3. The molecule has 1 aliphatic carbocycles. The molecule has 5 aromatic rings. The monoisotopic (exact) mass is 556 g/mol. The Bertz CT molecular complexity index is 1780. The Kier molecular flexibility index (Phi) is 6.66. The van der Waals surface area contributed by atoms with Gasteiger partial charge < -0.3 is 16.6 Å². The minimum Gasteiger partial charge on any atom is -0.465 e. The summed E-state index contributed by atoms with van der Waals surface area (Å²) in [6.45, 7) is -0.00760. The van der Waals surface area contributed by atoms with Gasteiger partial charge in [0.2, 0.25) is 0 Å². The molecule has 0 fully saturated rings. The van der Waals surface area contributed by atoms with Crippen LogP contribution < -0.4 is 16.4 Å². The van der Waals surface area contributed by atoms with Crippen LogP contribution in [0.3, 0.4) is 0 Å². The maximum atomic E-state index is 14.4. The number of nitrogens with zero attached hydrogens (tertiary/aromatic N) is 6. The molecule has 0 aliphatic heterocycles. The molecule has 5 N–H and O–H groups in total. The Hall–Kier alpha value is -5.13. The number of fused-ring (bicyclic) bond motifs is 2. The van der Waals surface area contributed by atoms with Gasteiger partial charge in [-0.1, -0.05) is 36.4 Å². The van der Waals surface area contributed by atoms with Crippen LogP contribution in [0.15, 0.2) is 54.7 Å². The molecule has 0 spiro atoms. The van der Waals surface area contributed by atoms with Crippen LogP contribution >= 0.6 is 0 Å². The van der Waals surface area contributed by atoms with E-state index in [1.165, 1.54) is 27.9 Å². The highest BCUT2D eigenvalue weighted by atomic mass is 19.1. The summed E-state index contributed by atoms with van der Waals surface area (Å²) in [6, 6.07) is 13.4. The van der Waals surface area contributed by atoms with E-state index in [1.807, 2.05) is 18.2 Å². The highest BCUT2D eigenvalue weighted by Crippen LogP contribution is 2.32. The molecule has 6 rings (SSSR count). The summed E-state index contributed by atoms with van der Waals surface area (Å²) < 4.78 is 29.8. The normalized spacial score (nSPS) is 12.8. The molecular weight excluding hydrogens is 530 g/mol. The van der Waals surface area contributed by atoms with Crippen molar-refractivity contribution in [1.82, 2.24) is 24.7 Å². The minimum absolute atomic E-state index is 0.00760. The third-order valence-electron chi connectivity index (χ3n) is 7.24. The summed E-state index contributed by atoms with van der Waals surface area (Å²) in [5.41, 5.74) is 17.0. The van der Waals surface area contributed by atoms with Crippen molar-refractivity contribution in [2.75, 3.05) is 16.4 Å². The predicted octanol–water partition coefficient (Wildman–Crippen LogP) is 4.81. The van der Waals surface area contributed by atoms with Crippen molar-refractivity contribution >= 4 is 34.4 Å². The first-order chi connectivity index (χ1) is 19.8. The lowest BCUT2D eigenvalue weighted by Crippen LogP contribution is -2.31. The summed E-state index contributed by atoms with van der Waals surface area (Å²) in [4.78, 5) is 26.1. The lowest BCUT2D eigenvalue weighted by Gasteiger charge is -2.23. The number of rotatable bonds is 6. The first-order valence-corrected chi connectivity index (χ1v) is 13.1. The van der Waals surface area contributed by atoms with Crippen LogP contribution in [0.1, 0.15) is 40.8 Å². The average Bonchev–Trinajstić information content (AvgIpc) is 3.30. The minimum atomic E-state index is -1.28. The third-order valence-corrected chi connectivity index (χ3v) is 7.24. The molecule has 41 heavy (non-hydrogen) atoms. The number of amides is 1. The second-order valence-corrected chi connectivity index (χ2v) is 9.97. The number of carboxylic acid groups (broad SMARTS) is 1. The zero-order valence-corrected chi connectivity index (χ0v) is 21.9. The predicted molar refractivity (Wildman–Crippen MR) is 150 cm³/mol. The molecule has 3 heterocycles. The largest absolute Gasteiger partial charge is 0.465 e. The zero-order chi connectivity index (χ0) is 28.7. The first-order valence-electron chi connectivity index (χ1n) is 13.1. The lowest BCUT2D eigenvalue weighted by atomic mass is 9.90. The van der Waals surface area contributed by atoms with E-state index in [4.69, 9.17) is 11.5 Å². The van der Waals surface area contributed by atoms with Crippen LogP contribution in [0.5, 0.6) is 0 Å². The van der Waals surface area contributed by atoms with E-state index < -0.39 is 17.7 Å². The number of nitrogens with two attached hydrogens (primary N) is 2. The molecule has 1 aliphatic rings. The maximum Gasteiger partial charge on any atom is 0.412 e. The number of carbonyl (C=O) groups is 1. The Balaban J connectivity index is 1.39. The molecule has 0 bridgehead atoms. The fourth-order valence-corrected chi connectivity index (χ4v) is 5.29. The van der Waals surface area contributed by atoms with Gasteiger partial charge >= 0.3 is 6.09 Å². The SMILES string of the molecule is Nc1nc(-n2nc(Cc3ccccc3F)c3ncc(F)cc32)nc(N)c1N(Cc1ccc2c(c1)CCCC2)C(=O)O. The van der Waals surface area contributed by atoms with Crippen molar-refractivity contribution in [3.63, 3.8) is 0 Å². The van der Waals surface area contributed by atoms with Crippen molar-refractivity contribution in [2.24, 2.45) is 0 Å². The van der Waals surface area contributed by atoms with Gasteiger partial charge in [0.05, 0.1) is 24.0 Å². The van der Waals surface area contributed by atoms with E-state index in [2.05, 4.69) is 20.1 Å². The lowest BCUT2D eigenvalue weighted by molar-refractivity contribution is 0.201. The molecule has 0 atom stereocenters. The van der Waals surface area contributed by atoms with E-state index in [1.54, 1.807) is 18.2 Å². The molecule has 10 nitrogen and oxygen atoms in total. The standard InChI is InChI=1S/C29H26F2N8O2/c30-20-13-23-24(34-14-20)22(12-19-7-3-4-8-21(19)31)37-39(23)28-35-26(32)25(27(33)36-28)38(29(40)41)15-16-9-10-17-5-1-2-6-18(17)11-16/h3-4,7-11,13-14H,1-2,5-6,12,15H2,(H,40,41)(H4,32,33,35,36). The van der Waals surface area contributed by atoms with Crippen molar-refractivity contribution in [1.29, 1.82) is 0 Å². The number of hydrogen-bond acceptors (Lipinski definition) is 7. The van der Waals surface area contributed by atoms with E-state index in [-0.39, 0.29) is 41.8 Å². The van der Waals surface area contributed by atoms with Crippen LogP contribution in [-0.2, 0) is 25.8 Å². The zero-order valence-electron chi connectivity index (χ0n) is 21.9. The highest BCUT2D eigenvalue weighted by Gasteiger charge is 2.25. The van der Waals surface area contributed by atoms with Crippen molar-refractivity contribution < 1.29 is 18.7 Å². The second-order valence-electron chi connectivity index (χ2n) is 9.97. The average molecular weight is 557 g/mol. The molecule has 0 radical (unpaired) electrons. The van der Waals surface area contributed by atoms with Gasteiger partial charge in [0, 0.05) is 12.5 Å². The van der Waals surface area contributed by atoms with Crippen LogP contribution in [0.2, 0.25) is 0 Å². The summed E-state index contributed by atoms with van der Waals surface area (Å²) in [7, 11) is 0. The fourth-order valence-electron chi connectivity index (χ4n) is 5.29. The number of pyridine rings is 1. The van der Waals surface area contributed by atoms with Crippen LogP contribution in [0, 0.1) is 11.6 Å². The van der Waals surface area contributed by atoms with E-state index in [0.29, 0.717) is 16.8 Å². The van der Waals surface area contributed by atoms with Crippen molar-refractivity contribution in [3.8, 4) is 5.95 Å². The Morgan fingerprint density at radius 1 is 1.00 bits per heavy atom. The Labute approximate surface area is 233 Å². The number of anilines is 3. The molecule has 208 valence electrons. The van der Waals surface area contributed by atoms with E-state index in [9.17, 15) is 18.7 Å². The number of aromatic nitrogens is 5. The molecule has 0 unspecified atom stereocenters. The molecule has 1 amide bonds. The van der Waals surface area contributed by atoms with Gasteiger partial charge in [0.15, 0.2) is 11.6 Å². The maximum absolute atomic E-state index is 14.4. The number of benzene rings is 2. The fraction of sp³-hybridized carbons (Fsp3) is 0.207. The topological polar surface area (TPSA) is 149 Å². The first kappa shape index (κ1) is 26.1. The number of aryl methyl sites for hydroxylation is 2. The summed E-state index contributed by atoms with van der Waals surface area (Å²) >= 11 is 0. The van der Waals surface area contributed by atoms with Gasteiger partial charge in [-0.2, -0.15) is 19.7 Å². The number of halogens is 2. The van der Waals surface area contributed by atoms with Gasteiger partial charge in [-0.25, -0.2) is 18.6 Å².